The molecule has 0 bridgehead atoms. The predicted molar refractivity (Wildman–Crippen MR) is 95.6 cm³/mol. The second-order valence-electron chi connectivity index (χ2n) is 6.56. The number of carbonyl (C=O) groups excluding carboxylic acids is 1. The summed E-state index contributed by atoms with van der Waals surface area (Å²) in [6, 6.07) is 8.12. The van der Waals surface area contributed by atoms with E-state index in [0.717, 1.165) is 18.6 Å². The number of aryl methyl sites for hydroxylation is 2. The highest BCUT2D eigenvalue weighted by Crippen LogP contribution is 2.13. The van der Waals surface area contributed by atoms with Crippen molar-refractivity contribution in [2.24, 2.45) is 0 Å². The van der Waals surface area contributed by atoms with E-state index in [0.29, 0.717) is 24.6 Å². The van der Waals surface area contributed by atoms with Crippen molar-refractivity contribution in [3.63, 3.8) is 0 Å². The van der Waals surface area contributed by atoms with Crippen LogP contribution < -0.4 is 10.1 Å². The molecule has 1 N–H and O–H groups in total. The van der Waals surface area contributed by atoms with E-state index in [1.807, 2.05) is 32.9 Å². The van der Waals surface area contributed by atoms with Crippen molar-refractivity contribution in [2.75, 3.05) is 7.11 Å². The highest BCUT2D eigenvalue weighted by atomic mass is 16.5. The summed E-state index contributed by atoms with van der Waals surface area (Å²) in [6.07, 6.45) is 2.62. The molecule has 2 aromatic rings. The second-order valence-corrected chi connectivity index (χ2v) is 6.56. The summed E-state index contributed by atoms with van der Waals surface area (Å²) in [5, 5.41) is 6.92. The van der Waals surface area contributed by atoms with Gasteiger partial charge in [-0.3, -0.25) is 4.79 Å². The molecule has 0 saturated heterocycles. The van der Waals surface area contributed by atoms with Crippen LogP contribution in [0.5, 0.6) is 5.75 Å². The summed E-state index contributed by atoms with van der Waals surface area (Å²) < 4.78 is 10.3. The Morgan fingerprint density at radius 2 is 1.92 bits per heavy atom. The lowest BCUT2D eigenvalue weighted by atomic mass is 10.1. The predicted octanol–water partition coefficient (Wildman–Crippen LogP) is 3.27. The summed E-state index contributed by atoms with van der Waals surface area (Å²) in [5.41, 5.74) is 1.23. The lowest BCUT2D eigenvalue weighted by molar-refractivity contribution is -0.121. The standard InChI is InChI=1S/C19H27N3O3/c1-13(2)19-21-18(25-22-19)12-11-17(23)20-14(3)5-6-15-7-9-16(24-4)10-8-15/h7-10,13-14H,5-6,11-12H2,1-4H3,(H,20,23). The molecule has 1 heterocycles. The number of aromatic nitrogens is 2. The maximum absolute atomic E-state index is 12.0. The van der Waals surface area contributed by atoms with Crippen molar-refractivity contribution in [3.8, 4) is 5.75 Å². The Kier molecular flexibility index (Phi) is 6.98. The number of nitrogens with one attached hydrogen (secondary N) is 1. The Morgan fingerprint density at radius 1 is 1.20 bits per heavy atom. The van der Waals surface area contributed by atoms with E-state index < -0.39 is 0 Å². The molecular formula is C19H27N3O3. The van der Waals surface area contributed by atoms with Gasteiger partial charge in [-0.05, 0) is 37.5 Å². The summed E-state index contributed by atoms with van der Waals surface area (Å²) in [7, 11) is 1.66. The van der Waals surface area contributed by atoms with Gasteiger partial charge in [-0.1, -0.05) is 31.1 Å². The zero-order valence-corrected chi connectivity index (χ0v) is 15.4. The topological polar surface area (TPSA) is 77.2 Å². The van der Waals surface area contributed by atoms with Crippen molar-refractivity contribution in [3.05, 3.63) is 41.5 Å². The van der Waals surface area contributed by atoms with Crippen LogP contribution in [-0.2, 0) is 17.6 Å². The summed E-state index contributed by atoms with van der Waals surface area (Å²) in [6.45, 7) is 6.03. The maximum atomic E-state index is 12.0. The third-order valence-corrected chi connectivity index (χ3v) is 4.00. The molecule has 2 rings (SSSR count). The van der Waals surface area contributed by atoms with Crippen molar-refractivity contribution in [1.29, 1.82) is 0 Å². The number of amides is 1. The molecule has 0 saturated carbocycles. The molecular weight excluding hydrogens is 318 g/mol. The smallest absolute Gasteiger partial charge is 0.227 e. The number of carbonyl (C=O) groups is 1. The molecule has 0 radical (unpaired) electrons. The molecule has 1 amide bonds. The normalized spacial score (nSPS) is 12.2. The highest BCUT2D eigenvalue weighted by Gasteiger charge is 2.12. The Balaban J connectivity index is 1.69. The van der Waals surface area contributed by atoms with Gasteiger partial charge in [0.05, 0.1) is 7.11 Å². The molecule has 136 valence electrons. The molecule has 1 unspecified atom stereocenters. The SMILES string of the molecule is COc1ccc(CCC(C)NC(=O)CCc2nc(C(C)C)no2)cc1. The molecule has 0 aliphatic carbocycles. The molecule has 1 aromatic carbocycles. The molecule has 0 aliphatic rings. The zero-order valence-electron chi connectivity index (χ0n) is 15.4. The lowest BCUT2D eigenvalue weighted by Crippen LogP contribution is -2.33. The fraction of sp³-hybridized carbons (Fsp3) is 0.526. The molecule has 1 aromatic heterocycles. The van der Waals surface area contributed by atoms with Gasteiger partial charge in [0.1, 0.15) is 5.75 Å². The van der Waals surface area contributed by atoms with Crippen LogP contribution in [0.2, 0.25) is 0 Å². The van der Waals surface area contributed by atoms with Gasteiger partial charge in [0.15, 0.2) is 5.82 Å². The molecule has 0 aliphatic heterocycles. The first kappa shape index (κ1) is 19.0. The first-order valence-corrected chi connectivity index (χ1v) is 8.72. The Labute approximate surface area is 149 Å². The second kappa shape index (κ2) is 9.20. The largest absolute Gasteiger partial charge is 0.497 e. The van der Waals surface area contributed by atoms with E-state index in [4.69, 9.17) is 9.26 Å². The van der Waals surface area contributed by atoms with E-state index in [9.17, 15) is 4.79 Å². The van der Waals surface area contributed by atoms with Gasteiger partial charge in [-0.15, -0.1) is 0 Å². The fourth-order valence-corrected chi connectivity index (χ4v) is 2.42. The van der Waals surface area contributed by atoms with Gasteiger partial charge < -0.3 is 14.6 Å². The Bertz CT molecular complexity index is 665. The number of rotatable bonds is 9. The van der Waals surface area contributed by atoms with Gasteiger partial charge in [0, 0.05) is 24.8 Å². The number of nitrogens with zero attached hydrogens (tertiary/aromatic N) is 2. The molecule has 25 heavy (non-hydrogen) atoms. The van der Waals surface area contributed by atoms with E-state index >= 15 is 0 Å². The first-order chi connectivity index (χ1) is 12.0. The number of ether oxygens (including phenoxy) is 1. The third-order valence-electron chi connectivity index (χ3n) is 4.00. The quantitative estimate of drug-likeness (QED) is 0.755. The minimum absolute atomic E-state index is 0.00604. The molecule has 6 heteroatoms. The molecule has 0 spiro atoms. The third kappa shape index (κ3) is 6.21. The van der Waals surface area contributed by atoms with E-state index in [1.54, 1.807) is 7.11 Å². The summed E-state index contributed by atoms with van der Waals surface area (Å²) in [5.74, 6) is 2.29. The van der Waals surface area contributed by atoms with Crippen LogP contribution in [0.3, 0.4) is 0 Å². The van der Waals surface area contributed by atoms with Gasteiger partial charge in [-0.2, -0.15) is 4.98 Å². The number of hydrogen-bond donors (Lipinski definition) is 1. The average Bonchev–Trinajstić information content (AvgIpc) is 3.08. The van der Waals surface area contributed by atoms with Crippen LogP contribution in [0, 0.1) is 0 Å². The van der Waals surface area contributed by atoms with E-state index in [-0.39, 0.29) is 17.9 Å². The van der Waals surface area contributed by atoms with Crippen LogP contribution in [-0.4, -0.2) is 29.2 Å². The average molecular weight is 345 g/mol. The van der Waals surface area contributed by atoms with Crippen molar-refractivity contribution < 1.29 is 14.1 Å². The maximum Gasteiger partial charge on any atom is 0.227 e. The summed E-state index contributed by atoms with van der Waals surface area (Å²) in [4.78, 5) is 16.3. The Hall–Kier alpha value is -2.37. The first-order valence-electron chi connectivity index (χ1n) is 8.72. The van der Waals surface area contributed by atoms with E-state index in [1.165, 1.54) is 5.56 Å². The molecule has 1 atom stereocenters. The van der Waals surface area contributed by atoms with Crippen molar-refractivity contribution in [1.82, 2.24) is 15.5 Å². The number of methoxy groups -OCH3 is 1. The number of hydrogen-bond acceptors (Lipinski definition) is 5. The summed E-state index contributed by atoms with van der Waals surface area (Å²) >= 11 is 0. The van der Waals surface area contributed by atoms with Crippen LogP contribution in [0.1, 0.15) is 56.8 Å². The van der Waals surface area contributed by atoms with E-state index in [2.05, 4.69) is 27.6 Å². The van der Waals surface area contributed by atoms with Gasteiger partial charge >= 0.3 is 0 Å². The number of benzene rings is 1. The zero-order chi connectivity index (χ0) is 18.2. The minimum Gasteiger partial charge on any atom is -0.497 e. The van der Waals surface area contributed by atoms with Crippen molar-refractivity contribution in [2.45, 2.75) is 58.4 Å². The fourth-order valence-electron chi connectivity index (χ4n) is 2.42. The minimum atomic E-state index is 0.00604. The van der Waals surface area contributed by atoms with Gasteiger partial charge in [0.25, 0.3) is 0 Å². The van der Waals surface area contributed by atoms with Crippen LogP contribution >= 0.6 is 0 Å². The van der Waals surface area contributed by atoms with Crippen LogP contribution in [0.4, 0.5) is 0 Å². The Morgan fingerprint density at radius 3 is 2.52 bits per heavy atom. The van der Waals surface area contributed by atoms with Gasteiger partial charge in [-0.25, -0.2) is 0 Å². The van der Waals surface area contributed by atoms with Crippen LogP contribution in [0.15, 0.2) is 28.8 Å². The lowest BCUT2D eigenvalue weighted by Gasteiger charge is -2.13. The van der Waals surface area contributed by atoms with Crippen molar-refractivity contribution >= 4 is 5.91 Å². The van der Waals surface area contributed by atoms with Crippen LogP contribution in [0.25, 0.3) is 0 Å². The molecule has 6 nitrogen and oxygen atoms in total. The molecule has 0 fully saturated rings. The monoisotopic (exact) mass is 345 g/mol. The highest BCUT2D eigenvalue weighted by molar-refractivity contribution is 5.76. The van der Waals surface area contributed by atoms with Gasteiger partial charge in [0.2, 0.25) is 11.8 Å².